The molecule has 0 saturated heterocycles. The molecule has 37 heavy (non-hydrogen) atoms. The molecule has 3 aromatic carbocycles. The van der Waals surface area contributed by atoms with E-state index in [1.165, 1.54) is 52.6 Å². The molecular weight excluding hydrogens is 454 g/mol. The molecule has 3 aromatic rings. The highest BCUT2D eigenvalue weighted by Crippen LogP contribution is 2.32. The first-order chi connectivity index (χ1) is 18.4. The third kappa shape index (κ3) is 5.68. The molecular formula is C33H41N3O. The normalized spacial score (nSPS) is 23.5. The van der Waals surface area contributed by atoms with Gasteiger partial charge in [0.15, 0.2) is 0 Å². The number of hydrogen-bond acceptors (Lipinski definition) is 4. The Balaban J connectivity index is 1.13. The van der Waals surface area contributed by atoms with Crippen LogP contribution in [-0.2, 0) is 24.0 Å². The van der Waals surface area contributed by atoms with Gasteiger partial charge in [0, 0.05) is 6.04 Å². The highest BCUT2D eigenvalue weighted by Gasteiger charge is 2.30. The summed E-state index contributed by atoms with van der Waals surface area (Å²) >= 11 is 0. The third-order valence-corrected chi connectivity index (χ3v) is 8.66. The van der Waals surface area contributed by atoms with Gasteiger partial charge in [-0.15, -0.1) is 0 Å². The number of fused-ring (bicyclic) bond motifs is 3. The van der Waals surface area contributed by atoms with Gasteiger partial charge in [-0.05, 0) is 85.1 Å². The molecule has 194 valence electrons. The van der Waals surface area contributed by atoms with E-state index in [0.717, 1.165) is 51.9 Å². The topological polar surface area (TPSA) is 45.3 Å². The molecule has 4 unspecified atom stereocenters. The van der Waals surface area contributed by atoms with E-state index in [0.29, 0.717) is 6.04 Å². The lowest BCUT2D eigenvalue weighted by molar-refractivity contribution is 0.00400. The Morgan fingerprint density at radius 2 is 1.16 bits per heavy atom. The summed E-state index contributed by atoms with van der Waals surface area (Å²) in [7, 11) is 0. The van der Waals surface area contributed by atoms with Gasteiger partial charge in [0.1, 0.15) is 0 Å². The molecule has 0 fully saturated rings. The Kier molecular flexibility index (Phi) is 7.99. The zero-order valence-electron chi connectivity index (χ0n) is 21.9. The summed E-state index contributed by atoms with van der Waals surface area (Å²) in [6, 6.07) is 27.8. The van der Waals surface area contributed by atoms with Crippen LogP contribution < -0.4 is 16.0 Å². The summed E-state index contributed by atoms with van der Waals surface area (Å²) in [5.41, 5.74) is 8.81. The van der Waals surface area contributed by atoms with Crippen LogP contribution in [0, 0.1) is 0 Å². The van der Waals surface area contributed by atoms with Crippen LogP contribution in [0.3, 0.4) is 0 Å². The van der Waals surface area contributed by atoms with Crippen LogP contribution in [0.15, 0.2) is 72.8 Å². The first-order valence-corrected chi connectivity index (χ1v) is 14.4. The van der Waals surface area contributed by atoms with Crippen molar-refractivity contribution in [3.63, 3.8) is 0 Å². The Morgan fingerprint density at radius 1 is 0.622 bits per heavy atom. The maximum atomic E-state index is 6.84. The maximum Gasteiger partial charge on any atom is 0.0770 e. The van der Waals surface area contributed by atoms with E-state index in [1.807, 2.05) is 0 Å². The number of nitrogens with one attached hydrogen (secondary N) is 3. The van der Waals surface area contributed by atoms with Crippen molar-refractivity contribution >= 4 is 0 Å². The smallest absolute Gasteiger partial charge is 0.0770 e. The van der Waals surface area contributed by atoms with Crippen molar-refractivity contribution in [2.45, 2.75) is 69.2 Å². The standard InChI is InChI=1S/C33H41N3O/c1-4-12-27-24(9-1)17-20-34-30(27)15-7-8-16-32(33-29-14-6-3-11-26(29)19-22-36-33)37-23-31-28-13-5-2-10-25(28)18-21-35-31/h1-6,9-14,30-36H,7-8,15-23H2. The van der Waals surface area contributed by atoms with Crippen LogP contribution in [0.2, 0.25) is 0 Å². The van der Waals surface area contributed by atoms with E-state index in [4.69, 9.17) is 4.74 Å². The van der Waals surface area contributed by atoms with Crippen molar-refractivity contribution in [1.82, 2.24) is 16.0 Å². The zero-order valence-corrected chi connectivity index (χ0v) is 21.9. The predicted molar refractivity (Wildman–Crippen MR) is 151 cm³/mol. The lowest BCUT2D eigenvalue weighted by atomic mass is 9.88. The van der Waals surface area contributed by atoms with Crippen molar-refractivity contribution in [3.8, 4) is 0 Å². The zero-order chi connectivity index (χ0) is 24.9. The largest absolute Gasteiger partial charge is 0.374 e. The molecule has 0 radical (unpaired) electrons. The maximum absolute atomic E-state index is 6.84. The second-order valence-corrected chi connectivity index (χ2v) is 10.9. The number of rotatable bonds is 9. The second kappa shape index (κ2) is 11.9. The van der Waals surface area contributed by atoms with Gasteiger partial charge >= 0.3 is 0 Å². The van der Waals surface area contributed by atoms with Gasteiger partial charge < -0.3 is 20.7 Å². The fraction of sp³-hybridized carbons (Fsp3) is 0.455. The number of benzene rings is 3. The lowest BCUT2D eigenvalue weighted by Crippen LogP contribution is -2.41. The summed E-state index contributed by atoms with van der Waals surface area (Å²) in [4.78, 5) is 0. The predicted octanol–water partition coefficient (Wildman–Crippen LogP) is 5.59. The number of ether oxygens (including phenoxy) is 1. The van der Waals surface area contributed by atoms with Crippen LogP contribution in [0.4, 0.5) is 0 Å². The van der Waals surface area contributed by atoms with E-state index < -0.39 is 0 Å². The molecule has 6 rings (SSSR count). The van der Waals surface area contributed by atoms with Crippen molar-refractivity contribution in [3.05, 3.63) is 106 Å². The molecule has 0 spiro atoms. The van der Waals surface area contributed by atoms with Crippen molar-refractivity contribution in [1.29, 1.82) is 0 Å². The van der Waals surface area contributed by atoms with Crippen LogP contribution in [0.5, 0.6) is 0 Å². The molecule has 3 aliphatic heterocycles. The van der Waals surface area contributed by atoms with Crippen LogP contribution >= 0.6 is 0 Å². The Labute approximate surface area is 222 Å². The molecule has 3 aliphatic rings. The lowest BCUT2D eigenvalue weighted by Gasteiger charge is -2.35. The summed E-state index contributed by atoms with van der Waals surface area (Å²) in [6.07, 6.45) is 8.18. The summed E-state index contributed by atoms with van der Waals surface area (Å²) in [5, 5.41) is 11.3. The second-order valence-electron chi connectivity index (χ2n) is 10.9. The summed E-state index contributed by atoms with van der Waals surface area (Å²) < 4.78 is 6.84. The van der Waals surface area contributed by atoms with Gasteiger partial charge in [0.25, 0.3) is 0 Å². The molecule has 0 bridgehead atoms. The Morgan fingerprint density at radius 3 is 1.86 bits per heavy atom. The van der Waals surface area contributed by atoms with Crippen LogP contribution in [-0.4, -0.2) is 32.3 Å². The monoisotopic (exact) mass is 495 g/mol. The van der Waals surface area contributed by atoms with Crippen molar-refractivity contribution < 1.29 is 4.74 Å². The quantitative estimate of drug-likeness (QED) is 0.339. The average Bonchev–Trinajstić information content (AvgIpc) is 2.96. The molecule has 4 heteroatoms. The van der Waals surface area contributed by atoms with Crippen LogP contribution in [0.1, 0.15) is 77.2 Å². The molecule has 3 N–H and O–H groups in total. The minimum absolute atomic E-state index is 0.170. The average molecular weight is 496 g/mol. The Bertz CT molecular complexity index is 1180. The first-order valence-electron chi connectivity index (χ1n) is 14.4. The van der Waals surface area contributed by atoms with Crippen molar-refractivity contribution in [2.75, 3.05) is 26.2 Å². The van der Waals surface area contributed by atoms with Crippen LogP contribution in [0.25, 0.3) is 0 Å². The molecule has 3 heterocycles. The van der Waals surface area contributed by atoms with Gasteiger partial charge in [0.2, 0.25) is 0 Å². The molecule has 0 amide bonds. The van der Waals surface area contributed by atoms with Gasteiger partial charge in [-0.2, -0.15) is 0 Å². The van der Waals surface area contributed by atoms with E-state index in [1.54, 1.807) is 0 Å². The molecule has 0 aromatic heterocycles. The van der Waals surface area contributed by atoms with E-state index in [-0.39, 0.29) is 18.2 Å². The van der Waals surface area contributed by atoms with Gasteiger partial charge in [0.05, 0.1) is 24.8 Å². The first kappa shape index (κ1) is 24.8. The number of hydrogen-bond donors (Lipinski definition) is 3. The fourth-order valence-electron chi connectivity index (χ4n) is 6.72. The van der Waals surface area contributed by atoms with E-state index in [2.05, 4.69) is 88.7 Å². The molecule has 4 atom stereocenters. The Hall–Kier alpha value is -2.50. The van der Waals surface area contributed by atoms with E-state index in [9.17, 15) is 0 Å². The molecule has 4 nitrogen and oxygen atoms in total. The minimum atomic E-state index is 0.170. The molecule has 0 aliphatic carbocycles. The van der Waals surface area contributed by atoms with Gasteiger partial charge in [-0.1, -0.05) is 85.6 Å². The highest BCUT2D eigenvalue weighted by molar-refractivity contribution is 5.35. The van der Waals surface area contributed by atoms with Gasteiger partial charge in [-0.25, -0.2) is 0 Å². The SMILES string of the molecule is c1ccc2c(c1)CCNC2CCCCC(OCC1NCCc2ccccc21)C1NCCc2ccccc21. The molecule has 0 saturated carbocycles. The van der Waals surface area contributed by atoms with Crippen molar-refractivity contribution in [2.24, 2.45) is 0 Å². The summed E-state index contributed by atoms with van der Waals surface area (Å²) in [5.74, 6) is 0. The fourth-order valence-corrected chi connectivity index (χ4v) is 6.72. The summed E-state index contributed by atoms with van der Waals surface area (Å²) in [6.45, 7) is 3.86. The van der Waals surface area contributed by atoms with E-state index >= 15 is 0 Å². The number of unbranched alkanes of at least 4 members (excludes halogenated alkanes) is 1. The highest BCUT2D eigenvalue weighted by atomic mass is 16.5. The van der Waals surface area contributed by atoms with Gasteiger partial charge in [-0.3, -0.25) is 0 Å². The third-order valence-electron chi connectivity index (χ3n) is 8.66. The minimum Gasteiger partial charge on any atom is -0.374 e.